The van der Waals surface area contributed by atoms with E-state index in [1.807, 2.05) is 0 Å². The molecule has 1 aromatic heterocycles. The second kappa shape index (κ2) is 5.69. The Balaban J connectivity index is 1.79. The molecule has 2 aliphatic heterocycles. The molecule has 3 heterocycles. The van der Waals surface area contributed by atoms with Crippen LogP contribution >= 0.6 is 27.3 Å². The zero-order valence-corrected chi connectivity index (χ0v) is 14.8. The summed E-state index contributed by atoms with van der Waals surface area (Å²) < 4.78 is 12.2. The molecule has 1 amide bonds. The standard InChI is InChI=1S/C15H19BrN2O3S/c1-20-7-9-10(8-3-2-4-8)17-15(19)13-11-12(14(16)22-13)21-6-5-18(9)11/h8-10H,2-7H2,1H3,(H,17,19). The van der Waals surface area contributed by atoms with Gasteiger partial charge in [-0.2, -0.15) is 0 Å². The highest BCUT2D eigenvalue weighted by Crippen LogP contribution is 2.50. The monoisotopic (exact) mass is 386 g/mol. The Morgan fingerprint density at radius 1 is 1.50 bits per heavy atom. The van der Waals surface area contributed by atoms with Gasteiger partial charge in [0.05, 0.1) is 25.2 Å². The van der Waals surface area contributed by atoms with Crippen LogP contribution in [0.15, 0.2) is 3.79 Å². The molecule has 1 aromatic rings. The minimum atomic E-state index is 0.0259. The average molecular weight is 387 g/mol. The topological polar surface area (TPSA) is 50.8 Å². The van der Waals surface area contributed by atoms with Crippen LogP contribution in [-0.2, 0) is 4.74 Å². The van der Waals surface area contributed by atoms with Gasteiger partial charge in [-0.25, -0.2) is 0 Å². The number of nitrogens with zero attached hydrogens (tertiary/aromatic N) is 1. The molecule has 0 spiro atoms. The van der Waals surface area contributed by atoms with Gasteiger partial charge in [0.1, 0.15) is 21.0 Å². The number of ether oxygens (including phenoxy) is 2. The zero-order valence-electron chi connectivity index (χ0n) is 12.4. The van der Waals surface area contributed by atoms with Gasteiger partial charge in [0.2, 0.25) is 0 Å². The number of carbonyl (C=O) groups excluding carboxylic acids is 1. The molecule has 4 rings (SSSR count). The third kappa shape index (κ3) is 2.17. The highest BCUT2D eigenvalue weighted by atomic mass is 79.9. The molecule has 22 heavy (non-hydrogen) atoms. The lowest BCUT2D eigenvalue weighted by molar-refractivity contribution is 0.0846. The number of amides is 1. The van der Waals surface area contributed by atoms with Gasteiger partial charge < -0.3 is 19.7 Å². The van der Waals surface area contributed by atoms with E-state index in [0.29, 0.717) is 19.1 Å². The van der Waals surface area contributed by atoms with Crippen LogP contribution in [0.25, 0.3) is 0 Å². The lowest BCUT2D eigenvalue weighted by atomic mass is 9.76. The largest absolute Gasteiger partial charge is 0.487 e. The van der Waals surface area contributed by atoms with Gasteiger partial charge >= 0.3 is 0 Å². The van der Waals surface area contributed by atoms with Crippen LogP contribution in [0.2, 0.25) is 0 Å². The lowest BCUT2D eigenvalue weighted by Gasteiger charge is -2.43. The normalized spacial score (nSPS) is 27.5. The van der Waals surface area contributed by atoms with Crippen molar-refractivity contribution >= 4 is 38.9 Å². The molecule has 1 saturated carbocycles. The quantitative estimate of drug-likeness (QED) is 0.867. The molecule has 0 radical (unpaired) electrons. The van der Waals surface area contributed by atoms with Crippen LogP contribution in [0.3, 0.4) is 0 Å². The summed E-state index contributed by atoms with van der Waals surface area (Å²) in [6, 6.07) is 0.329. The van der Waals surface area contributed by atoms with Crippen molar-refractivity contribution in [2.45, 2.75) is 31.3 Å². The van der Waals surface area contributed by atoms with Crippen molar-refractivity contribution in [2.24, 2.45) is 5.92 Å². The van der Waals surface area contributed by atoms with Crippen LogP contribution in [0.4, 0.5) is 5.69 Å². The van der Waals surface area contributed by atoms with E-state index < -0.39 is 0 Å². The summed E-state index contributed by atoms with van der Waals surface area (Å²) in [7, 11) is 1.73. The van der Waals surface area contributed by atoms with Crippen LogP contribution in [0, 0.1) is 5.92 Å². The first-order valence-electron chi connectivity index (χ1n) is 7.72. The smallest absolute Gasteiger partial charge is 0.263 e. The van der Waals surface area contributed by atoms with E-state index in [4.69, 9.17) is 9.47 Å². The number of hydrogen-bond donors (Lipinski definition) is 1. The van der Waals surface area contributed by atoms with E-state index in [1.54, 1.807) is 7.11 Å². The zero-order chi connectivity index (χ0) is 15.3. The number of carbonyl (C=O) groups is 1. The highest BCUT2D eigenvalue weighted by molar-refractivity contribution is 9.11. The lowest BCUT2D eigenvalue weighted by Crippen LogP contribution is -2.57. The molecule has 0 bridgehead atoms. The molecule has 2 unspecified atom stereocenters. The van der Waals surface area contributed by atoms with Crippen molar-refractivity contribution < 1.29 is 14.3 Å². The molecule has 2 atom stereocenters. The first kappa shape index (κ1) is 14.8. The molecular formula is C15H19BrN2O3S. The summed E-state index contributed by atoms with van der Waals surface area (Å²) in [5, 5.41) is 3.28. The molecular weight excluding hydrogens is 368 g/mol. The fourth-order valence-electron chi connectivity index (χ4n) is 3.71. The summed E-state index contributed by atoms with van der Waals surface area (Å²) in [6.45, 7) is 2.07. The molecule has 1 aliphatic carbocycles. The fourth-order valence-corrected chi connectivity index (χ4v) is 5.39. The number of hydrogen-bond acceptors (Lipinski definition) is 5. The van der Waals surface area contributed by atoms with Crippen molar-refractivity contribution in [1.82, 2.24) is 5.32 Å². The maximum Gasteiger partial charge on any atom is 0.263 e. The molecule has 3 aliphatic rings. The SMILES string of the molecule is COCC1C(C2CCC2)NC(=O)c2sc(Br)c3c2N1CCO3. The number of methoxy groups -OCH3 is 1. The Labute approximate surface area is 142 Å². The van der Waals surface area contributed by atoms with E-state index in [9.17, 15) is 4.79 Å². The number of rotatable bonds is 3. The summed E-state index contributed by atoms with van der Waals surface area (Å²) in [5.41, 5.74) is 0.949. The molecule has 0 aromatic carbocycles. The third-order valence-electron chi connectivity index (χ3n) is 4.98. The van der Waals surface area contributed by atoms with E-state index in [1.165, 1.54) is 30.6 Å². The van der Waals surface area contributed by atoms with Crippen molar-refractivity contribution in [3.8, 4) is 5.75 Å². The number of anilines is 1. The molecule has 1 N–H and O–H groups in total. The van der Waals surface area contributed by atoms with Crippen LogP contribution < -0.4 is 15.0 Å². The van der Waals surface area contributed by atoms with Crippen LogP contribution in [0.5, 0.6) is 5.75 Å². The third-order valence-corrected chi connectivity index (χ3v) is 6.77. The number of nitrogens with one attached hydrogen (secondary N) is 1. The van der Waals surface area contributed by atoms with Crippen molar-refractivity contribution in [3.63, 3.8) is 0 Å². The highest BCUT2D eigenvalue weighted by Gasteiger charge is 2.44. The Morgan fingerprint density at radius 2 is 2.32 bits per heavy atom. The second-order valence-electron chi connectivity index (χ2n) is 6.14. The summed E-state index contributed by atoms with van der Waals surface area (Å²) in [6.07, 6.45) is 3.65. The fraction of sp³-hybridized carbons (Fsp3) is 0.667. The van der Waals surface area contributed by atoms with Gasteiger partial charge in [-0.05, 0) is 34.7 Å². The van der Waals surface area contributed by atoms with Crippen LogP contribution in [-0.4, -0.2) is 44.9 Å². The Bertz CT molecular complexity index is 602. The van der Waals surface area contributed by atoms with Crippen LogP contribution in [0.1, 0.15) is 28.9 Å². The second-order valence-corrected chi connectivity index (χ2v) is 8.48. The first-order valence-corrected chi connectivity index (χ1v) is 9.33. The summed E-state index contributed by atoms with van der Waals surface area (Å²) >= 11 is 5.00. The molecule has 7 heteroatoms. The first-order chi connectivity index (χ1) is 10.7. The Hall–Kier alpha value is -0.790. The molecule has 5 nitrogen and oxygen atoms in total. The number of halogens is 1. The predicted molar refractivity (Wildman–Crippen MR) is 89.1 cm³/mol. The minimum absolute atomic E-state index is 0.0259. The van der Waals surface area contributed by atoms with E-state index in [0.717, 1.165) is 26.6 Å². The number of thiophene rings is 1. The van der Waals surface area contributed by atoms with Gasteiger partial charge in [-0.1, -0.05) is 6.42 Å². The predicted octanol–water partition coefficient (Wildman–Crippen LogP) is 2.64. The maximum atomic E-state index is 12.7. The summed E-state index contributed by atoms with van der Waals surface area (Å²) in [5.74, 6) is 1.41. The summed E-state index contributed by atoms with van der Waals surface area (Å²) in [4.78, 5) is 15.8. The van der Waals surface area contributed by atoms with Crippen molar-refractivity contribution in [3.05, 3.63) is 8.66 Å². The molecule has 1 fully saturated rings. The average Bonchev–Trinajstić information content (AvgIpc) is 2.75. The van der Waals surface area contributed by atoms with Crippen molar-refractivity contribution in [2.75, 3.05) is 31.8 Å². The van der Waals surface area contributed by atoms with E-state index in [-0.39, 0.29) is 18.0 Å². The molecule has 120 valence electrons. The van der Waals surface area contributed by atoms with Gasteiger partial charge in [0.15, 0.2) is 5.75 Å². The van der Waals surface area contributed by atoms with Gasteiger partial charge in [0, 0.05) is 7.11 Å². The van der Waals surface area contributed by atoms with E-state index in [2.05, 4.69) is 26.1 Å². The Morgan fingerprint density at radius 3 is 3.00 bits per heavy atom. The molecule has 0 saturated heterocycles. The van der Waals surface area contributed by atoms with E-state index >= 15 is 0 Å². The maximum absolute atomic E-state index is 12.7. The minimum Gasteiger partial charge on any atom is -0.487 e. The van der Waals surface area contributed by atoms with Gasteiger partial charge in [-0.3, -0.25) is 4.79 Å². The Kier molecular flexibility index (Phi) is 3.82. The van der Waals surface area contributed by atoms with Gasteiger partial charge in [0.25, 0.3) is 5.91 Å². The van der Waals surface area contributed by atoms with Crippen molar-refractivity contribution in [1.29, 1.82) is 0 Å². The van der Waals surface area contributed by atoms with Gasteiger partial charge in [-0.15, -0.1) is 11.3 Å².